The number of piperidine rings is 1. The number of nitrogens with zero attached hydrogens (tertiary/aromatic N) is 4. The van der Waals surface area contributed by atoms with Gasteiger partial charge in [-0.2, -0.15) is 0 Å². The van der Waals surface area contributed by atoms with Crippen molar-refractivity contribution in [3.63, 3.8) is 0 Å². The summed E-state index contributed by atoms with van der Waals surface area (Å²) in [7, 11) is 0. The Morgan fingerprint density at radius 2 is 2.00 bits per heavy atom. The van der Waals surface area contributed by atoms with Gasteiger partial charge in [0.1, 0.15) is 5.82 Å². The number of aromatic nitrogens is 3. The van der Waals surface area contributed by atoms with Gasteiger partial charge in [-0.1, -0.05) is 5.21 Å². The summed E-state index contributed by atoms with van der Waals surface area (Å²) in [6.45, 7) is 6.26. The van der Waals surface area contributed by atoms with Crippen LogP contribution < -0.4 is 4.90 Å². The van der Waals surface area contributed by atoms with Gasteiger partial charge in [0.05, 0.1) is 19.4 Å². The van der Waals surface area contributed by atoms with Crippen LogP contribution in [0.2, 0.25) is 0 Å². The highest BCUT2D eigenvalue weighted by Gasteiger charge is 2.40. The quantitative estimate of drug-likeness (QED) is 0.757. The Labute approximate surface area is 100 Å². The van der Waals surface area contributed by atoms with E-state index in [0.29, 0.717) is 0 Å². The highest BCUT2D eigenvalue weighted by Crippen LogP contribution is 2.32. The molecule has 3 heterocycles. The molecule has 17 heavy (non-hydrogen) atoms. The molecule has 0 radical (unpaired) electrons. The number of hydrogen-bond donors (Lipinski definition) is 0. The summed E-state index contributed by atoms with van der Waals surface area (Å²) in [5.74, 6) is 0.793. The van der Waals surface area contributed by atoms with E-state index in [4.69, 9.17) is 9.47 Å². The first-order valence-corrected chi connectivity index (χ1v) is 6.24. The number of anilines is 1. The van der Waals surface area contributed by atoms with E-state index in [1.54, 1.807) is 0 Å². The maximum absolute atomic E-state index is 5.72. The van der Waals surface area contributed by atoms with Crippen molar-refractivity contribution in [2.75, 3.05) is 31.2 Å². The van der Waals surface area contributed by atoms with Crippen LogP contribution in [-0.2, 0) is 16.0 Å². The first kappa shape index (κ1) is 11.0. The number of rotatable bonds is 2. The van der Waals surface area contributed by atoms with Crippen molar-refractivity contribution in [2.24, 2.45) is 0 Å². The van der Waals surface area contributed by atoms with Gasteiger partial charge in [-0.15, -0.1) is 5.10 Å². The highest BCUT2D eigenvalue weighted by atomic mass is 16.7. The summed E-state index contributed by atoms with van der Waals surface area (Å²) < 4.78 is 13.4. The van der Waals surface area contributed by atoms with E-state index < -0.39 is 0 Å². The minimum absolute atomic E-state index is 0.305. The molecular weight excluding hydrogens is 220 g/mol. The zero-order valence-corrected chi connectivity index (χ0v) is 10.1. The Bertz CT molecular complexity index is 377. The summed E-state index contributed by atoms with van der Waals surface area (Å²) >= 11 is 0. The molecule has 3 rings (SSSR count). The van der Waals surface area contributed by atoms with Crippen molar-refractivity contribution in [1.82, 2.24) is 15.0 Å². The van der Waals surface area contributed by atoms with E-state index in [-0.39, 0.29) is 5.79 Å². The predicted octanol–water partition coefficient (Wildman–Crippen LogP) is 0.641. The van der Waals surface area contributed by atoms with Gasteiger partial charge in [-0.05, 0) is 6.92 Å². The van der Waals surface area contributed by atoms with Crippen molar-refractivity contribution >= 4 is 5.82 Å². The molecule has 2 saturated heterocycles. The molecule has 2 fully saturated rings. The van der Waals surface area contributed by atoms with Crippen molar-refractivity contribution in [3.05, 3.63) is 6.20 Å². The Hall–Kier alpha value is -1.14. The zero-order chi connectivity index (χ0) is 11.7. The third-order valence-electron chi connectivity index (χ3n) is 3.56. The van der Waals surface area contributed by atoms with Crippen LogP contribution in [0, 0.1) is 0 Å². The van der Waals surface area contributed by atoms with Gasteiger partial charge in [-0.3, -0.25) is 0 Å². The third-order valence-corrected chi connectivity index (χ3v) is 3.56. The molecule has 0 unspecified atom stereocenters. The average molecular weight is 238 g/mol. The van der Waals surface area contributed by atoms with Crippen LogP contribution in [0.15, 0.2) is 6.20 Å². The van der Waals surface area contributed by atoms with Gasteiger partial charge in [0.25, 0.3) is 0 Å². The topological polar surface area (TPSA) is 52.4 Å². The third kappa shape index (κ3) is 1.91. The van der Waals surface area contributed by atoms with E-state index in [1.165, 1.54) is 0 Å². The molecule has 1 aromatic heterocycles. The summed E-state index contributed by atoms with van der Waals surface area (Å²) in [6, 6.07) is 0. The lowest BCUT2D eigenvalue weighted by molar-refractivity contribution is -0.169. The standard InChI is InChI=1S/C11H18N4O2/c1-2-15-10(9-12-13-15)14-5-3-11(4-6-14)16-7-8-17-11/h9H,2-8H2,1H3. The number of hydrogen-bond acceptors (Lipinski definition) is 5. The van der Waals surface area contributed by atoms with Crippen LogP contribution in [0.4, 0.5) is 5.82 Å². The Balaban J connectivity index is 1.68. The molecular formula is C11H18N4O2. The maximum Gasteiger partial charge on any atom is 0.171 e. The van der Waals surface area contributed by atoms with Gasteiger partial charge >= 0.3 is 0 Å². The second-order valence-corrected chi connectivity index (χ2v) is 4.50. The number of ether oxygens (including phenoxy) is 2. The van der Waals surface area contributed by atoms with E-state index >= 15 is 0 Å². The summed E-state index contributed by atoms with van der Waals surface area (Å²) in [5.41, 5.74) is 0. The van der Waals surface area contributed by atoms with Crippen LogP contribution in [-0.4, -0.2) is 47.1 Å². The Kier molecular flexibility index (Phi) is 2.76. The van der Waals surface area contributed by atoms with Crippen LogP contribution in [0.1, 0.15) is 19.8 Å². The van der Waals surface area contributed by atoms with E-state index in [2.05, 4.69) is 22.1 Å². The molecule has 2 aliphatic heterocycles. The maximum atomic E-state index is 5.72. The van der Waals surface area contributed by atoms with Crippen LogP contribution >= 0.6 is 0 Å². The highest BCUT2D eigenvalue weighted by molar-refractivity contribution is 5.36. The summed E-state index contributed by atoms with van der Waals surface area (Å²) in [4.78, 5) is 2.31. The minimum Gasteiger partial charge on any atom is -0.355 e. The monoisotopic (exact) mass is 238 g/mol. The molecule has 1 aromatic rings. The van der Waals surface area contributed by atoms with Crippen molar-refractivity contribution < 1.29 is 9.47 Å². The molecule has 0 atom stereocenters. The Morgan fingerprint density at radius 1 is 1.29 bits per heavy atom. The molecule has 0 N–H and O–H groups in total. The average Bonchev–Trinajstić information content (AvgIpc) is 3.00. The second kappa shape index (κ2) is 4.27. The van der Waals surface area contributed by atoms with Gasteiger partial charge in [0.2, 0.25) is 0 Å². The first-order chi connectivity index (χ1) is 8.33. The molecule has 6 nitrogen and oxygen atoms in total. The molecule has 94 valence electrons. The fourth-order valence-corrected chi connectivity index (χ4v) is 2.58. The molecule has 0 saturated carbocycles. The lowest BCUT2D eigenvalue weighted by Gasteiger charge is -2.38. The largest absolute Gasteiger partial charge is 0.355 e. The van der Waals surface area contributed by atoms with Crippen LogP contribution in [0.3, 0.4) is 0 Å². The van der Waals surface area contributed by atoms with Gasteiger partial charge in [0.15, 0.2) is 5.79 Å². The fourth-order valence-electron chi connectivity index (χ4n) is 2.58. The molecule has 2 aliphatic rings. The lowest BCUT2D eigenvalue weighted by Crippen LogP contribution is -2.45. The Morgan fingerprint density at radius 3 is 2.65 bits per heavy atom. The smallest absolute Gasteiger partial charge is 0.171 e. The van der Waals surface area contributed by atoms with Crippen molar-refractivity contribution in [2.45, 2.75) is 32.1 Å². The van der Waals surface area contributed by atoms with E-state index in [0.717, 1.165) is 51.5 Å². The predicted molar refractivity (Wildman–Crippen MR) is 61.8 cm³/mol. The van der Waals surface area contributed by atoms with E-state index in [1.807, 2.05) is 10.9 Å². The van der Waals surface area contributed by atoms with E-state index in [9.17, 15) is 0 Å². The van der Waals surface area contributed by atoms with Crippen molar-refractivity contribution in [1.29, 1.82) is 0 Å². The molecule has 0 aliphatic carbocycles. The molecule has 1 spiro atoms. The fraction of sp³-hybridized carbons (Fsp3) is 0.818. The van der Waals surface area contributed by atoms with Gasteiger partial charge in [0, 0.05) is 32.5 Å². The van der Waals surface area contributed by atoms with Gasteiger partial charge < -0.3 is 14.4 Å². The SMILES string of the molecule is CCn1nncc1N1CCC2(CC1)OCCO2. The molecule has 6 heteroatoms. The number of aryl methyl sites for hydroxylation is 1. The first-order valence-electron chi connectivity index (χ1n) is 6.24. The molecule has 0 aromatic carbocycles. The summed E-state index contributed by atoms with van der Waals surface area (Å²) in [6.07, 6.45) is 3.67. The second-order valence-electron chi connectivity index (χ2n) is 4.50. The normalized spacial score (nSPS) is 23.5. The van der Waals surface area contributed by atoms with Crippen LogP contribution in [0.25, 0.3) is 0 Å². The van der Waals surface area contributed by atoms with Crippen molar-refractivity contribution in [3.8, 4) is 0 Å². The minimum atomic E-state index is -0.305. The van der Waals surface area contributed by atoms with Crippen LogP contribution in [0.5, 0.6) is 0 Å². The molecule has 0 bridgehead atoms. The summed E-state index contributed by atoms with van der Waals surface area (Å²) in [5, 5.41) is 8.03. The zero-order valence-electron chi connectivity index (χ0n) is 10.1. The lowest BCUT2D eigenvalue weighted by atomic mass is 10.0. The van der Waals surface area contributed by atoms with Gasteiger partial charge in [-0.25, -0.2) is 4.68 Å². The molecule has 0 amide bonds.